The molecule has 0 fully saturated rings. The fraction of sp³-hybridized carbons (Fsp3) is 0.333. The summed E-state index contributed by atoms with van der Waals surface area (Å²) in [6, 6.07) is 5.45. The van der Waals surface area contributed by atoms with Crippen molar-refractivity contribution in [3.05, 3.63) is 18.2 Å². The fourth-order valence-corrected chi connectivity index (χ4v) is 1.58. The topological polar surface area (TPSA) is 67.4 Å². The molecule has 5 nitrogen and oxygen atoms in total. The first kappa shape index (κ1) is 11.4. The van der Waals surface area contributed by atoms with Gasteiger partial charge in [0.25, 0.3) is 5.91 Å². The van der Waals surface area contributed by atoms with Crippen LogP contribution >= 0.6 is 0 Å². The molecule has 0 unspecified atom stereocenters. The molecular weight excluding hydrogens is 220 g/mol. The lowest BCUT2D eigenvalue weighted by Gasteiger charge is -2.18. The van der Waals surface area contributed by atoms with Crippen molar-refractivity contribution in [3.63, 3.8) is 0 Å². The second-order valence-electron chi connectivity index (χ2n) is 3.93. The number of hydrogen-bond donors (Lipinski definition) is 2. The summed E-state index contributed by atoms with van der Waals surface area (Å²) in [7, 11) is 0. The minimum atomic E-state index is -0.154. The lowest BCUT2D eigenvalue weighted by Crippen LogP contribution is -2.25. The number of amides is 1. The van der Waals surface area contributed by atoms with Crippen LogP contribution in [0.25, 0.3) is 0 Å². The number of anilines is 2. The van der Waals surface area contributed by atoms with E-state index in [1.54, 1.807) is 19.1 Å². The highest BCUT2D eigenvalue weighted by molar-refractivity contribution is 5.96. The van der Waals surface area contributed by atoms with Crippen molar-refractivity contribution < 1.29 is 14.3 Å². The van der Waals surface area contributed by atoms with Gasteiger partial charge in [-0.1, -0.05) is 0 Å². The summed E-state index contributed by atoms with van der Waals surface area (Å²) in [5, 5.41) is 5.84. The molecule has 90 valence electrons. The Kier molecular flexibility index (Phi) is 3.27. The summed E-state index contributed by atoms with van der Waals surface area (Å²) < 4.78 is 5.24. The second kappa shape index (κ2) is 4.86. The number of Topliss-reactive ketones (excluding diaryl/α,β-unsaturated/α-hetero) is 1. The zero-order valence-electron chi connectivity index (χ0n) is 9.58. The first-order valence-corrected chi connectivity index (χ1v) is 5.45. The Balaban J connectivity index is 2.02. The Morgan fingerprint density at radius 1 is 1.53 bits per heavy atom. The van der Waals surface area contributed by atoms with Crippen LogP contribution in [0, 0.1) is 0 Å². The number of ketones is 1. The maximum absolute atomic E-state index is 11.1. The number of hydrogen-bond acceptors (Lipinski definition) is 4. The van der Waals surface area contributed by atoms with Crippen molar-refractivity contribution in [1.29, 1.82) is 0 Å². The van der Waals surface area contributed by atoms with Gasteiger partial charge in [0, 0.05) is 18.7 Å². The molecule has 1 amide bonds. The van der Waals surface area contributed by atoms with Crippen molar-refractivity contribution >= 4 is 23.1 Å². The SMILES string of the molecule is CC(=O)CCNc1ccc2c(c1)NC(=O)CO2. The minimum Gasteiger partial charge on any atom is -0.482 e. The highest BCUT2D eigenvalue weighted by atomic mass is 16.5. The minimum absolute atomic E-state index is 0.0596. The van der Waals surface area contributed by atoms with Crippen molar-refractivity contribution in [2.75, 3.05) is 23.8 Å². The molecule has 0 saturated carbocycles. The number of ether oxygens (including phenoxy) is 1. The quantitative estimate of drug-likeness (QED) is 0.826. The highest BCUT2D eigenvalue weighted by Gasteiger charge is 2.15. The third kappa shape index (κ3) is 2.96. The number of nitrogens with one attached hydrogen (secondary N) is 2. The first-order chi connectivity index (χ1) is 8.15. The van der Waals surface area contributed by atoms with Crippen LogP contribution in [0.5, 0.6) is 5.75 Å². The van der Waals surface area contributed by atoms with Crippen LogP contribution < -0.4 is 15.4 Å². The average molecular weight is 234 g/mol. The van der Waals surface area contributed by atoms with E-state index in [4.69, 9.17) is 4.74 Å². The Labute approximate surface area is 99.2 Å². The summed E-state index contributed by atoms with van der Waals surface area (Å²) in [5.74, 6) is 0.659. The van der Waals surface area contributed by atoms with Crippen molar-refractivity contribution in [2.24, 2.45) is 0 Å². The van der Waals surface area contributed by atoms with E-state index < -0.39 is 0 Å². The van der Waals surface area contributed by atoms with E-state index in [2.05, 4.69) is 10.6 Å². The van der Waals surface area contributed by atoms with Gasteiger partial charge in [-0.25, -0.2) is 0 Å². The van der Waals surface area contributed by atoms with Gasteiger partial charge in [-0.2, -0.15) is 0 Å². The summed E-state index contributed by atoms with van der Waals surface area (Å²) in [6.45, 7) is 2.20. The zero-order chi connectivity index (χ0) is 12.3. The molecule has 2 N–H and O–H groups in total. The number of rotatable bonds is 4. The zero-order valence-corrected chi connectivity index (χ0v) is 9.58. The van der Waals surface area contributed by atoms with Crippen LogP contribution in [0.3, 0.4) is 0 Å². The molecule has 1 aromatic rings. The maximum atomic E-state index is 11.1. The lowest BCUT2D eigenvalue weighted by molar-refractivity contribution is -0.118. The Morgan fingerprint density at radius 2 is 2.35 bits per heavy atom. The first-order valence-electron chi connectivity index (χ1n) is 5.45. The van der Waals surface area contributed by atoms with Gasteiger partial charge >= 0.3 is 0 Å². The van der Waals surface area contributed by atoms with Gasteiger partial charge in [0.1, 0.15) is 11.5 Å². The van der Waals surface area contributed by atoms with Gasteiger partial charge < -0.3 is 15.4 Å². The molecule has 0 saturated heterocycles. The molecule has 1 aliphatic rings. The van der Waals surface area contributed by atoms with Crippen LogP contribution in [0.1, 0.15) is 13.3 Å². The Morgan fingerprint density at radius 3 is 3.12 bits per heavy atom. The van der Waals surface area contributed by atoms with Crippen molar-refractivity contribution in [2.45, 2.75) is 13.3 Å². The molecule has 1 aliphatic heterocycles. The third-order valence-corrected chi connectivity index (χ3v) is 2.42. The predicted molar refractivity (Wildman–Crippen MR) is 64.4 cm³/mol. The summed E-state index contributed by atoms with van der Waals surface area (Å²) in [6.07, 6.45) is 0.486. The second-order valence-corrected chi connectivity index (χ2v) is 3.93. The molecule has 5 heteroatoms. The summed E-state index contributed by atoms with van der Waals surface area (Å²) in [5.41, 5.74) is 1.52. The van der Waals surface area contributed by atoms with E-state index in [0.717, 1.165) is 5.69 Å². The Bertz CT molecular complexity index is 457. The molecule has 2 rings (SSSR count). The molecule has 0 aromatic heterocycles. The van der Waals surface area contributed by atoms with E-state index in [-0.39, 0.29) is 18.3 Å². The molecule has 0 bridgehead atoms. The van der Waals surface area contributed by atoms with E-state index in [1.807, 2.05) is 6.07 Å². The van der Waals surface area contributed by atoms with Gasteiger partial charge in [0.15, 0.2) is 6.61 Å². The van der Waals surface area contributed by atoms with E-state index in [9.17, 15) is 9.59 Å². The van der Waals surface area contributed by atoms with Crippen LogP contribution in [-0.4, -0.2) is 24.8 Å². The van der Waals surface area contributed by atoms with Crippen LogP contribution in [0.15, 0.2) is 18.2 Å². The van der Waals surface area contributed by atoms with Crippen molar-refractivity contribution in [3.8, 4) is 5.75 Å². The predicted octanol–water partition coefficient (Wildman–Crippen LogP) is 1.41. The monoisotopic (exact) mass is 234 g/mol. The van der Waals surface area contributed by atoms with E-state index in [0.29, 0.717) is 24.4 Å². The van der Waals surface area contributed by atoms with Gasteiger partial charge in [-0.15, -0.1) is 0 Å². The standard InChI is InChI=1S/C12H14N2O3/c1-8(15)4-5-13-9-2-3-11-10(6-9)14-12(16)7-17-11/h2-3,6,13H,4-5,7H2,1H3,(H,14,16). The lowest BCUT2D eigenvalue weighted by atomic mass is 10.2. The third-order valence-electron chi connectivity index (χ3n) is 2.42. The van der Waals surface area contributed by atoms with Gasteiger partial charge in [0.05, 0.1) is 5.69 Å². The van der Waals surface area contributed by atoms with E-state index >= 15 is 0 Å². The number of fused-ring (bicyclic) bond motifs is 1. The van der Waals surface area contributed by atoms with Gasteiger partial charge in [-0.3, -0.25) is 9.59 Å². The smallest absolute Gasteiger partial charge is 0.262 e. The molecular formula is C12H14N2O3. The van der Waals surface area contributed by atoms with Crippen LogP contribution in [0.2, 0.25) is 0 Å². The maximum Gasteiger partial charge on any atom is 0.262 e. The number of benzene rings is 1. The summed E-state index contributed by atoms with van der Waals surface area (Å²) in [4.78, 5) is 21.9. The van der Waals surface area contributed by atoms with Crippen LogP contribution in [-0.2, 0) is 9.59 Å². The van der Waals surface area contributed by atoms with Crippen molar-refractivity contribution in [1.82, 2.24) is 0 Å². The average Bonchev–Trinajstić information content (AvgIpc) is 2.28. The molecule has 0 aliphatic carbocycles. The highest BCUT2D eigenvalue weighted by Crippen LogP contribution is 2.30. The molecule has 0 atom stereocenters. The molecule has 0 spiro atoms. The van der Waals surface area contributed by atoms with E-state index in [1.165, 1.54) is 0 Å². The molecule has 1 aromatic carbocycles. The molecule has 0 radical (unpaired) electrons. The number of carbonyl (C=O) groups is 2. The Hall–Kier alpha value is -2.04. The summed E-state index contributed by atoms with van der Waals surface area (Å²) >= 11 is 0. The van der Waals surface area contributed by atoms with Gasteiger partial charge in [0.2, 0.25) is 0 Å². The van der Waals surface area contributed by atoms with Gasteiger partial charge in [-0.05, 0) is 25.1 Å². The molecule has 1 heterocycles. The molecule has 17 heavy (non-hydrogen) atoms. The van der Waals surface area contributed by atoms with Crippen LogP contribution in [0.4, 0.5) is 11.4 Å². The fourth-order valence-electron chi connectivity index (χ4n) is 1.58. The normalized spacial score (nSPS) is 13.4. The largest absolute Gasteiger partial charge is 0.482 e. The number of carbonyl (C=O) groups excluding carboxylic acids is 2.